The van der Waals surface area contributed by atoms with Crippen molar-refractivity contribution in [2.45, 2.75) is 28.3 Å². The first-order valence-corrected chi connectivity index (χ1v) is 14.5. The van der Waals surface area contributed by atoms with Crippen molar-refractivity contribution in [1.29, 1.82) is 0 Å². The number of pyridine rings is 1. The van der Waals surface area contributed by atoms with Gasteiger partial charge in [0.15, 0.2) is 0 Å². The van der Waals surface area contributed by atoms with Crippen LogP contribution in [-0.2, 0) is 23.2 Å². The average molecular weight is 660 g/mol. The third-order valence-corrected chi connectivity index (χ3v) is 8.96. The average Bonchev–Trinajstić information content (AvgIpc) is 3.37. The zero-order valence-corrected chi connectivity index (χ0v) is 25.0. The number of methoxy groups -OCH3 is 1. The van der Waals surface area contributed by atoms with Gasteiger partial charge in [-0.15, -0.1) is 0 Å². The number of fused-ring (bicyclic) bond motifs is 1. The molecule has 2 aliphatic heterocycles. The smallest absolute Gasteiger partial charge is 0.362 e. The van der Waals surface area contributed by atoms with Crippen LogP contribution in [0.5, 0.6) is 5.75 Å². The molecule has 3 amide bonds. The molecule has 0 aliphatic carbocycles. The second-order valence-corrected chi connectivity index (χ2v) is 11.8. The Morgan fingerprint density at radius 3 is 2.33 bits per heavy atom. The standard InChI is InChI=1S/C27H23Cl3F2N4O5S/c1-40-19-10-15-13-36(12-14(15)9-18(19)33-26(39)35-5-7-41-8-6-35)25(38)22-20(11-21(27(30,31)32)34-24(22)37)42-23-16(28)3-2-4-17(23)29/h2-4,9-11H,5-8,12-13H2,1H3,(H,33,39)(H,34,37). The topological polar surface area (TPSA) is 104 Å². The number of ether oxygens (including phenoxy) is 2. The predicted octanol–water partition coefficient (Wildman–Crippen LogP) is 6.15. The van der Waals surface area contributed by atoms with Gasteiger partial charge in [-0.1, -0.05) is 41.0 Å². The SMILES string of the molecule is COc1cc2c(cc1NC(=O)N1CCOCC1)CN(C(=O)c1c(Sc3c(Cl)cccc3Cl)cc(C(F)(F)Cl)[nH]c1=O)C2. The molecule has 2 aliphatic rings. The number of nitrogens with one attached hydrogen (secondary N) is 2. The Labute approximate surface area is 258 Å². The number of urea groups is 1. The Hall–Kier alpha value is -3.03. The molecule has 15 heteroatoms. The molecule has 5 rings (SSSR count). The maximum atomic E-state index is 14.0. The highest BCUT2D eigenvalue weighted by Gasteiger charge is 2.35. The summed E-state index contributed by atoms with van der Waals surface area (Å²) in [7, 11) is 1.46. The molecule has 3 aromatic rings. The molecule has 0 bridgehead atoms. The van der Waals surface area contributed by atoms with Gasteiger partial charge in [-0.05, 0) is 53.1 Å². The van der Waals surface area contributed by atoms with E-state index in [0.29, 0.717) is 43.3 Å². The molecular formula is C27H23Cl3F2N4O5S. The quantitative estimate of drug-likeness (QED) is 0.308. The minimum absolute atomic E-state index is 0.0857. The molecule has 222 valence electrons. The first kappa shape index (κ1) is 30.4. The van der Waals surface area contributed by atoms with E-state index in [2.05, 4.69) is 5.32 Å². The van der Waals surface area contributed by atoms with Gasteiger partial charge in [0, 0.05) is 36.0 Å². The number of rotatable bonds is 6. The molecule has 9 nitrogen and oxygen atoms in total. The molecule has 1 aromatic heterocycles. The molecular weight excluding hydrogens is 637 g/mol. The highest BCUT2D eigenvalue weighted by Crippen LogP contribution is 2.42. The molecule has 2 aromatic carbocycles. The van der Waals surface area contributed by atoms with Gasteiger partial charge in [-0.3, -0.25) is 9.59 Å². The largest absolute Gasteiger partial charge is 0.495 e. The van der Waals surface area contributed by atoms with Crippen molar-refractivity contribution in [3.63, 3.8) is 0 Å². The van der Waals surface area contributed by atoms with E-state index in [0.717, 1.165) is 23.4 Å². The summed E-state index contributed by atoms with van der Waals surface area (Å²) in [5.74, 6) is -0.318. The van der Waals surface area contributed by atoms with Gasteiger partial charge >= 0.3 is 11.4 Å². The lowest BCUT2D eigenvalue weighted by Crippen LogP contribution is -2.43. The number of hydrogen-bond donors (Lipinski definition) is 2. The Kier molecular flexibility index (Phi) is 8.91. The maximum absolute atomic E-state index is 14.0. The summed E-state index contributed by atoms with van der Waals surface area (Å²) in [4.78, 5) is 44.9. The number of amides is 3. The van der Waals surface area contributed by atoms with Gasteiger partial charge in [0.25, 0.3) is 11.5 Å². The number of H-pyrrole nitrogens is 1. The third-order valence-electron chi connectivity index (χ3n) is 6.72. The number of halogens is 5. The summed E-state index contributed by atoms with van der Waals surface area (Å²) in [6.45, 7) is 1.97. The lowest BCUT2D eigenvalue weighted by molar-refractivity contribution is 0.0564. The van der Waals surface area contributed by atoms with E-state index in [1.54, 1.807) is 35.2 Å². The first-order valence-electron chi connectivity index (χ1n) is 12.6. The van der Waals surface area contributed by atoms with Crippen LogP contribution in [0.2, 0.25) is 10.0 Å². The van der Waals surface area contributed by atoms with Crippen LogP contribution in [-0.4, -0.2) is 60.1 Å². The zero-order chi connectivity index (χ0) is 30.2. The van der Waals surface area contributed by atoms with Crippen LogP contribution < -0.4 is 15.6 Å². The Morgan fingerprint density at radius 2 is 1.71 bits per heavy atom. The number of carbonyl (C=O) groups excluding carboxylic acids is 2. The van der Waals surface area contributed by atoms with E-state index in [1.807, 2.05) is 4.98 Å². The first-order chi connectivity index (χ1) is 20.0. The van der Waals surface area contributed by atoms with E-state index in [4.69, 9.17) is 44.3 Å². The van der Waals surface area contributed by atoms with E-state index < -0.39 is 22.5 Å². The Morgan fingerprint density at radius 1 is 1.07 bits per heavy atom. The zero-order valence-electron chi connectivity index (χ0n) is 21.9. The molecule has 0 saturated carbocycles. The number of carbonyl (C=O) groups is 2. The van der Waals surface area contributed by atoms with Gasteiger partial charge in [0.05, 0.1) is 36.1 Å². The van der Waals surface area contributed by atoms with E-state index in [1.165, 1.54) is 12.0 Å². The fourth-order valence-corrected chi connectivity index (χ4v) is 6.36. The molecule has 0 radical (unpaired) electrons. The van der Waals surface area contributed by atoms with Gasteiger partial charge < -0.3 is 29.6 Å². The van der Waals surface area contributed by atoms with Crippen LogP contribution in [0.3, 0.4) is 0 Å². The molecule has 0 unspecified atom stereocenters. The van der Waals surface area contributed by atoms with E-state index in [9.17, 15) is 23.2 Å². The molecule has 0 spiro atoms. The van der Waals surface area contributed by atoms with Crippen molar-refractivity contribution in [3.05, 3.63) is 79.2 Å². The van der Waals surface area contributed by atoms with Crippen LogP contribution in [0.1, 0.15) is 27.2 Å². The van der Waals surface area contributed by atoms with Crippen molar-refractivity contribution >= 4 is 64.2 Å². The van der Waals surface area contributed by atoms with Crippen LogP contribution in [0, 0.1) is 0 Å². The second kappa shape index (κ2) is 12.3. The lowest BCUT2D eigenvalue weighted by Gasteiger charge is -2.27. The van der Waals surface area contributed by atoms with Crippen molar-refractivity contribution < 1.29 is 27.8 Å². The molecule has 1 saturated heterocycles. The Bertz CT molecular complexity index is 1590. The van der Waals surface area contributed by atoms with E-state index in [-0.39, 0.29) is 44.5 Å². The van der Waals surface area contributed by atoms with Crippen LogP contribution in [0.15, 0.2) is 51.0 Å². The number of aromatic nitrogens is 1. The summed E-state index contributed by atoms with van der Waals surface area (Å²) >= 11 is 18.6. The van der Waals surface area contributed by atoms with Gasteiger partial charge in [0.1, 0.15) is 17.0 Å². The number of morpholine rings is 1. The second-order valence-electron chi connectivity index (χ2n) is 9.41. The summed E-state index contributed by atoms with van der Waals surface area (Å²) in [5, 5.41) is -0.638. The van der Waals surface area contributed by atoms with Crippen LogP contribution in [0.4, 0.5) is 19.3 Å². The van der Waals surface area contributed by atoms with Crippen molar-refractivity contribution in [2.75, 3.05) is 38.7 Å². The minimum Gasteiger partial charge on any atom is -0.495 e. The number of aromatic amines is 1. The normalized spacial score (nSPS) is 15.0. The van der Waals surface area contributed by atoms with Crippen molar-refractivity contribution in [1.82, 2.24) is 14.8 Å². The number of hydrogen-bond acceptors (Lipinski definition) is 6. The fourth-order valence-electron chi connectivity index (χ4n) is 4.62. The van der Waals surface area contributed by atoms with Crippen LogP contribution in [0.25, 0.3) is 0 Å². The summed E-state index contributed by atoms with van der Waals surface area (Å²) in [5.41, 5.74) is -0.445. The van der Waals surface area contributed by atoms with Gasteiger partial charge in [-0.2, -0.15) is 8.78 Å². The van der Waals surface area contributed by atoms with Gasteiger partial charge in [0.2, 0.25) is 0 Å². The molecule has 3 heterocycles. The number of benzene rings is 2. The summed E-state index contributed by atoms with van der Waals surface area (Å²) < 4.78 is 38.8. The molecule has 2 N–H and O–H groups in total. The Balaban J connectivity index is 1.46. The lowest BCUT2D eigenvalue weighted by atomic mass is 10.1. The number of anilines is 1. The number of alkyl halides is 3. The molecule has 0 atom stereocenters. The monoisotopic (exact) mass is 658 g/mol. The highest BCUT2D eigenvalue weighted by atomic mass is 35.5. The maximum Gasteiger partial charge on any atom is 0.362 e. The fraction of sp³-hybridized carbons (Fsp3) is 0.296. The van der Waals surface area contributed by atoms with Crippen molar-refractivity contribution in [3.8, 4) is 5.75 Å². The van der Waals surface area contributed by atoms with Crippen LogP contribution >= 0.6 is 46.6 Å². The highest BCUT2D eigenvalue weighted by molar-refractivity contribution is 7.99. The number of nitrogens with zero attached hydrogens (tertiary/aromatic N) is 2. The summed E-state index contributed by atoms with van der Waals surface area (Å²) in [6.07, 6.45) is 0. The third kappa shape index (κ3) is 6.32. The van der Waals surface area contributed by atoms with Crippen molar-refractivity contribution in [2.24, 2.45) is 0 Å². The minimum atomic E-state index is -3.90. The van der Waals surface area contributed by atoms with E-state index >= 15 is 0 Å². The van der Waals surface area contributed by atoms with Gasteiger partial charge in [-0.25, -0.2) is 4.79 Å². The molecule has 42 heavy (non-hydrogen) atoms. The predicted molar refractivity (Wildman–Crippen MR) is 155 cm³/mol. The summed E-state index contributed by atoms with van der Waals surface area (Å²) in [6, 6.07) is 8.73. The molecule has 1 fully saturated rings.